The van der Waals surface area contributed by atoms with E-state index in [0.29, 0.717) is 11.4 Å². The van der Waals surface area contributed by atoms with Crippen LogP contribution in [0.4, 0.5) is 4.79 Å². The zero-order chi connectivity index (χ0) is 24.2. The number of hydrogen-bond acceptors (Lipinski definition) is 7. The summed E-state index contributed by atoms with van der Waals surface area (Å²) in [4.78, 5) is 42.6. The van der Waals surface area contributed by atoms with Gasteiger partial charge < -0.3 is 29.2 Å². The van der Waals surface area contributed by atoms with Gasteiger partial charge in [0.05, 0.1) is 31.9 Å². The zero-order valence-corrected chi connectivity index (χ0v) is 19.1. The van der Waals surface area contributed by atoms with Crippen molar-refractivity contribution in [2.75, 3.05) is 20.3 Å². The number of carbonyl (C=O) groups excluding carboxylic acids is 2. The van der Waals surface area contributed by atoms with Gasteiger partial charge in [0.15, 0.2) is 0 Å². The molecule has 0 unspecified atom stereocenters. The second-order valence-electron chi connectivity index (χ2n) is 9.08. The Hall–Kier alpha value is -3.56. The van der Waals surface area contributed by atoms with Crippen LogP contribution in [0.5, 0.6) is 5.75 Å². The van der Waals surface area contributed by atoms with Crippen molar-refractivity contribution in [1.82, 2.24) is 15.2 Å². The number of amides is 2. The molecule has 1 aliphatic heterocycles. The van der Waals surface area contributed by atoms with Crippen molar-refractivity contribution in [2.24, 2.45) is 11.3 Å². The lowest BCUT2D eigenvalue weighted by Crippen LogP contribution is -2.56. The van der Waals surface area contributed by atoms with Crippen LogP contribution in [0.3, 0.4) is 0 Å². The molecular weight excluding hydrogens is 430 g/mol. The largest absolute Gasteiger partial charge is 0.493 e. The summed E-state index contributed by atoms with van der Waals surface area (Å²) in [6, 6.07) is 3.33. The van der Waals surface area contributed by atoms with E-state index in [1.54, 1.807) is 57.7 Å². The molecule has 0 aliphatic carbocycles. The van der Waals surface area contributed by atoms with Gasteiger partial charge in [-0.1, -0.05) is 20.8 Å². The maximum atomic E-state index is 13.3. The van der Waals surface area contributed by atoms with Crippen LogP contribution in [0, 0.1) is 11.3 Å². The Morgan fingerprint density at radius 3 is 2.70 bits per heavy atom. The molecule has 10 heteroatoms. The minimum absolute atomic E-state index is 0.195. The fraction of sp³-hybridized carbons (Fsp3) is 0.478. The molecule has 0 bridgehead atoms. The summed E-state index contributed by atoms with van der Waals surface area (Å²) >= 11 is 0. The van der Waals surface area contributed by atoms with Gasteiger partial charge >= 0.3 is 12.1 Å². The molecule has 3 heterocycles. The number of carboxylic acids is 1. The molecule has 3 rings (SSSR count). The molecule has 0 radical (unpaired) electrons. The molecule has 2 N–H and O–H groups in total. The van der Waals surface area contributed by atoms with E-state index in [1.165, 1.54) is 12.0 Å². The second kappa shape index (κ2) is 9.93. The van der Waals surface area contributed by atoms with Gasteiger partial charge in [-0.25, -0.2) is 9.59 Å². The number of furan rings is 1. The highest BCUT2D eigenvalue weighted by atomic mass is 16.5. The first-order chi connectivity index (χ1) is 15.6. The highest BCUT2D eigenvalue weighted by Crippen LogP contribution is 2.30. The quantitative estimate of drug-likeness (QED) is 0.646. The van der Waals surface area contributed by atoms with E-state index in [9.17, 15) is 19.5 Å². The average Bonchev–Trinajstić information content (AvgIpc) is 3.45. The lowest BCUT2D eigenvalue weighted by Gasteiger charge is -2.34. The maximum Gasteiger partial charge on any atom is 0.407 e. The van der Waals surface area contributed by atoms with Crippen LogP contribution < -0.4 is 10.1 Å². The van der Waals surface area contributed by atoms with E-state index in [-0.39, 0.29) is 25.5 Å². The minimum Gasteiger partial charge on any atom is -0.493 e. The van der Waals surface area contributed by atoms with Gasteiger partial charge in [-0.05, 0) is 24.0 Å². The SMILES string of the molecule is COC(=O)N[C@H](C(=O)N1C[C@H](COc2ccnc(-c3ccoc3)c2)C[C@H]1C(=O)O)C(C)(C)C. The molecule has 1 saturated heterocycles. The predicted octanol–water partition coefficient (Wildman–Crippen LogP) is 2.79. The number of pyridine rings is 1. The first-order valence-corrected chi connectivity index (χ1v) is 10.6. The van der Waals surface area contributed by atoms with E-state index in [4.69, 9.17) is 9.15 Å². The van der Waals surface area contributed by atoms with Crippen LogP contribution in [0.15, 0.2) is 41.3 Å². The van der Waals surface area contributed by atoms with Crippen molar-refractivity contribution in [3.63, 3.8) is 0 Å². The third-order valence-corrected chi connectivity index (χ3v) is 5.55. The number of carboxylic acid groups (broad SMARTS) is 1. The van der Waals surface area contributed by atoms with Crippen molar-refractivity contribution in [2.45, 2.75) is 39.3 Å². The van der Waals surface area contributed by atoms with Crippen LogP contribution >= 0.6 is 0 Å². The third-order valence-electron chi connectivity index (χ3n) is 5.55. The Bertz CT molecular complexity index is 984. The van der Waals surface area contributed by atoms with Crippen molar-refractivity contribution in [3.05, 3.63) is 36.9 Å². The normalized spacial score (nSPS) is 19.1. The molecular formula is C23H29N3O7. The van der Waals surface area contributed by atoms with Gasteiger partial charge in [-0.15, -0.1) is 0 Å². The zero-order valence-electron chi connectivity index (χ0n) is 19.1. The summed E-state index contributed by atoms with van der Waals surface area (Å²) < 4.78 is 15.6. The first-order valence-electron chi connectivity index (χ1n) is 10.6. The van der Waals surface area contributed by atoms with Crippen LogP contribution in [0.1, 0.15) is 27.2 Å². The molecule has 0 saturated carbocycles. The van der Waals surface area contributed by atoms with Crippen molar-refractivity contribution in [3.8, 4) is 17.0 Å². The Balaban J connectivity index is 1.70. The van der Waals surface area contributed by atoms with Gasteiger partial charge in [0.2, 0.25) is 5.91 Å². The molecule has 33 heavy (non-hydrogen) atoms. The van der Waals surface area contributed by atoms with E-state index < -0.39 is 35.5 Å². The number of rotatable bonds is 7. The predicted molar refractivity (Wildman–Crippen MR) is 117 cm³/mol. The summed E-state index contributed by atoms with van der Waals surface area (Å²) in [6.07, 6.45) is 4.25. The summed E-state index contributed by atoms with van der Waals surface area (Å²) in [5, 5.41) is 12.3. The maximum absolute atomic E-state index is 13.3. The average molecular weight is 459 g/mol. The van der Waals surface area contributed by atoms with Crippen molar-refractivity contribution >= 4 is 18.0 Å². The monoisotopic (exact) mass is 459 g/mol. The van der Waals surface area contributed by atoms with Gasteiger partial charge in [0, 0.05) is 30.3 Å². The molecule has 1 fully saturated rings. The topological polar surface area (TPSA) is 131 Å². The fourth-order valence-corrected chi connectivity index (χ4v) is 3.80. The summed E-state index contributed by atoms with van der Waals surface area (Å²) in [5.74, 6) is -1.17. The number of likely N-dealkylation sites (tertiary alicyclic amines) is 1. The summed E-state index contributed by atoms with van der Waals surface area (Å²) in [6.45, 7) is 5.80. The molecule has 2 amide bonds. The molecule has 178 valence electrons. The second-order valence-corrected chi connectivity index (χ2v) is 9.08. The number of alkyl carbamates (subject to hydrolysis) is 1. The number of carbonyl (C=O) groups is 3. The Morgan fingerprint density at radius 1 is 1.33 bits per heavy atom. The smallest absolute Gasteiger partial charge is 0.407 e. The molecule has 2 aromatic heterocycles. The minimum atomic E-state index is -1.09. The molecule has 1 aliphatic rings. The fourth-order valence-electron chi connectivity index (χ4n) is 3.80. The van der Waals surface area contributed by atoms with E-state index in [1.807, 2.05) is 0 Å². The number of aliphatic carboxylic acids is 1. The molecule has 0 aromatic carbocycles. The number of nitrogens with zero attached hydrogens (tertiary/aromatic N) is 2. The van der Waals surface area contributed by atoms with Crippen LogP contribution in [0.2, 0.25) is 0 Å². The van der Waals surface area contributed by atoms with Gasteiger partial charge in [-0.2, -0.15) is 0 Å². The number of methoxy groups -OCH3 is 1. The van der Waals surface area contributed by atoms with E-state index >= 15 is 0 Å². The molecule has 3 atom stereocenters. The van der Waals surface area contributed by atoms with E-state index in [2.05, 4.69) is 15.0 Å². The highest BCUT2D eigenvalue weighted by molar-refractivity contribution is 5.90. The standard InChI is InChI=1S/C23H29N3O7/c1-23(2,3)19(25-22(30)31-4)20(27)26-11-14(9-18(26)21(28)29)12-33-16-5-7-24-17(10-16)15-6-8-32-13-15/h5-8,10,13-14,18-19H,9,11-12H2,1-4H3,(H,25,30)(H,28,29)/t14-,18+,19-/m1/s1. The molecule has 10 nitrogen and oxygen atoms in total. The summed E-state index contributed by atoms with van der Waals surface area (Å²) in [5.41, 5.74) is 0.855. The van der Waals surface area contributed by atoms with Gasteiger partial charge in [0.1, 0.15) is 17.8 Å². The Kier molecular flexibility index (Phi) is 7.25. The number of aromatic nitrogens is 1. The first kappa shape index (κ1) is 24.1. The molecule has 0 spiro atoms. The number of hydrogen-bond donors (Lipinski definition) is 2. The lowest BCUT2D eigenvalue weighted by molar-refractivity contribution is -0.150. The number of ether oxygens (including phenoxy) is 2. The highest BCUT2D eigenvalue weighted by Gasteiger charge is 2.45. The van der Waals surface area contributed by atoms with Crippen LogP contribution in [0.25, 0.3) is 11.3 Å². The third kappa shape index (κ3) is 5.82. The van der Waals surface area contributed by atoms with Crippen LogP contribution in [-0.4, -0.2) is 65.3 Å². The Morgan fingerprint density at radius 2 is 2.09 bits per heavy atom. The van der Waals surface area contributed by atoms with Crippen LogP contribution in [-0.2, 0) is 14.3 Å². The van der Waals surface area contributed by atoms with Crippen molar-refractivity contribution in [1.29, 1.82) is 0 Å². The van der Waals surface area contributed by atoms with Gasteiger partial charge in [-0.3, -0.25) is 9.78 Å². The Labute approximate surface area is 191 Å². The van der Waals surface area contributed by atoms with Gasteiger partial charge in [0.25, 0.3) is 0 Å². The van der Waals surface area contributed by atoms with Crippen molar-refractivity contribution < 1.29 is 33.4 Å². The lowest BCUT2D eigenvalue weighted by atomic mass is 9.85. The summed E-state index contributed by atoms with van der Waals surface area (Å²) in [7, 11) is 1.21. The number of nitrogens with one attached hydrogen (secondary N) is 1. The molecule has 2 aromatic rings. The van der Waals surface area contributed by atoms with E-state index in [0.717, 1.165) is 5.56 Å².